The number of rotatable bonds is 9. The second-order valence-corrected chi connectivity index (χ2v) is 7.99. The summed E-state index contributed by atoms with van der Waals surface area (Å²) in [7, 11) is 0. The first-order valence-corrected chi connectivity index (χ1v) is 10.5. The fraction of sp³-hybridized carbons (Fsp3) is 0.391. The highest BCUT2D eigenvalue weighted by Crippen LogP contribution is 2.27. The first kappa shape index (κ1) is 22.0. The first-order valence-electron chi connectivity index (χ1n) is 10.1. The van der Waals surface area contributed by atoms with Crippen molar-refractivity contribution in [3.05, 3.63) is 53.6 Å². The molecular weight excluding hydrogens is 406 g/mol. The maximum absolute atomic E-state index is 12.2. The first-order chi connectivity index (χ1) is 14.5. The van der Waals surface area contributed by atoms with Crippen LogP contribution in [0.1, 0.15) is 32.1 Å². The highest BCUT2D eigenvalue weighted by molar-refractivity contribution is 6.30. The largest absolute Gasteiger partial charge is 0.508 e. The highest BCUT2D eigenvalue weighted by atomic mass is 35.5. The Morgan fingerprint density at radius 1 is 0.900 bits per heavy atom. The molecule has 2 aromatic rings. The minimum atomic E-state index is -0.168. The van der Waals surface area contributed by atoms with Gasteiger partial charge >= 0.3 is 0 Å². The average Bonchev–Trinajstić information content (AvgIpc) is 2.74. The Labute approximate surface area is 181 Å². The number of amides is 1. The number of benzene rings is 2. The van der Waals surface area contributed by atoms with Crippen molar-refractivity contribution in [2.75, 3.05) is 13.2 Å². The molecule has 0 spiro atoms. The Bertz CT molecular complexity index is 758. The minimum Gasteiger partial charge on any atom is -0.508 e. The Balaban J connectivity index is 1.31. The molecule has 1 saturated carbocycles. The zero-order chi connectivity index (χ0) is 21.3. The van der Waals surface area contributed by atoms with Crippen LogP contribution in [-0.2, 0) is 9.59 Å². The Kier molecular flexibility index (Phi) is 7.97. The second kappa shape index (κ2) is 10.9. The third-order valence-corrected chi connectivity index (χ3v) is 5.40. The fourth-order valence-electron chi connectivity index (χ4n) is 3.55. The van der Waals surface area contributed by atoms with E-state index in [-0.39, 0.29) is 36.7 Å². The van der Waals surface area contributed by atoms with Gasteiger partial charge in [-0.3, -0.25) is 9.59 Å². The van der Waals surface area contributed by atoms with Crippen molar-refractivity contribution in [3.8, 4) is 17.2 Å². The number of ether oxygens (including phenoxy) is 2. The van der Waals surface area contributed by atoms with E-state index < -0.39 is 0 Å². The number of ketones is 1. The van der Waals surface area contributed by atoms with E-state index in [0.29, 0.717) is 28.9 Å². The zero-order valence-corrected chi connectivity index (χ0v) is 17.4. The van der Waals surface area contributed by atoms with Gasteiger partial charge in [0.1, 0.15) is 23.9 Å². The molecular formula is C23H26ClNO5. The van der Waals surface area contributed by atoms with Crippen LogP contribution in [0.5, 0.6) is 17.2 Å². The van der Waals surface area contributed by atoms with Crippen molar-refractivity contribution in [3.63, 3.8) is 0 Å². The van der Waals surface area contributed by atoms with Crippen LogP contribution in [0, 0.1) is 5.92 Å². The number of halogens is 1. The fourth-order valence-corrected chi connectivity index (χ4v) is 3.67. The second-order valence-electron chi connectivity index (χ2n) is 7.55. The lowest BCUT2D eigenvalue weighted by molar-refractivity contribution is -0.125. The standard InChI is InChI=1S/C23H26ClNO5/c24-17-3-9-21(10-4-17)29-14-20(27)13-16-1-5-18(6-2-16)25-23(28)15-30-22-11-7-19(26)8-12-22/h3-4,7-12,16,18,26H,1-2,5-6,13-15H2,(H,25,28). The summed E-state index contributed by atoms with van der Waals surface area (Å²) in [6.07, 6.45) is 3.99. The molecule has 0 aliphatic heterocycles. The predicted octanol–water partition coefficient (Wildman–Crippen LogP) is 4.14. The molecule has 0 atom stereocenters. The predicted molar refractivity (Wildman–Crippen MR) is 114 cm³/mol. The van der Waals surface area contributed by atoms with Crippen LogP contribution in [0.3, 0.4) is 0 Å². The van der Waals surface area contributed by atoms with Gasteiger partial charge in [-0.1, -0.05) is 11.6 Å². The Morgan fingerprint density at radius 3 is 2.10 bits per heavy atom. The summed E-state index contributed by atoms with van der Waals surface area (Å²) in [5.41, 5.74) is 0. The van der Waals surface area contributed by atoms with Crippen LogP contribution in [0.15, 0.2) is 48.5 Å². The minimum absolute atomic E-state index is 0.0624. The molecule has 3 rings (SSSR count). The quantitative estimate of drug-likeness (QED) is 0.623. The summed E-state index contributed by atoms with van der Waals surface area (Å²) in [5.74, 6) is 1.56. The summed E-state index contributed by atoms with van der Waals surface area (Å²) in [6.45, 7) is -0.00186. The van der Waals surface area contributed by atoms with Crippen LogP contribution < -0.4 is 14.8 Å². The highest BCUT2D eigenvalue weighted by Gasteiger charge is 2.24. The number of nitrogens with one attached hydrogen (secondary N) is 1. The van der Waals surface area contributed by atoms with Gasteiger partial charge in [-0.05, 0) is 80.1 Å². The normalized spacial score (nSPS) is 18.4. The molecule has 160 valence electrons. The summed E-state index contributed by atoms with van der Waals surface area (Å²) in [4.78, 5) is 24.3. The molecule has 1 amide bonds. The number of carbonyl (C=O) groups excluding carboxylic acids is 2. The van der Waals surface area contributed by atoms with E-state index in [1.54, 1.807) is 36.4 Å². The van der Waals surface area contributed by atoms with Crippen molar-refractivity contribution in [2.24, 2.45) is 5.92 Å². The maximum Gasteiger partial charge on any atom is 0.258 e. The lowest BCUT2D eigenvalue weighted by Gasteiger charge is -2.28. The van der Waals surface area contributed by atoms with Crippen molar-refractivity contribution in [2.45, 2.75) is 38.1 Å². The van der Waals surface area contributed by atoms with E-state index in [9.17, 15) is 14.7 Å². The smallest absolute Gasteiger partial charge is 0.258 e. The monoisotopic (exact) mass is 431 g/mol. The lowest BCUT2D eigenvalue weighted by atomic mass is 9.83. The third kappa shape index (κ3) is 7.26. The van der Waals surface area contributed by atoms with Crippen LogP contribution in [-0.4, -0.2) is 36.1 Å². The molecule has 7 heteroatoms. The van der Waals surface area contributed by atoms with Gasteiger partial charge in [0.05, 0.1) is 0 Å². The van der Waals surface area contributed by atoms with Gasteiger partial charge in [0.25, 0.3) is 5.91 Å². The number of hydrogen-bond donors (Lipinski definition) is 2. The van der Waals surface area contributed by atoms with E-state index in [1.165, 1.54) is 12.1 Å². The van der Waals surface area contributed by atoms with E-state index in [1.807, 2.05) is 0 Å². The van der Waals surface area contributed by atoms with Crippen molar-refractivity contribution < 1.29 is 24.2 Å². The zero-order valence-electron chi connectivity index (χ0n) is 16.7. The Morgan fingerprint density at radius 2 is 1.47 bits per heavy atom. The van der Waals surface area contributed by atoms with Gasteiger partial charge in [0.2, 0.25) is 0 Å². The number of phenols is 1. The summed E-state index contributed by atoms with van der Waals surface area (Å²) < 4.78 is 10.9. The molecule has 0 bridgehead atoms. The van der Waals surface area contributed by atoms with E-state index in [4.69, 9.17) is 21.1 Å². The molecule has 6 nitrogen and oxygen atoms in total. The molecule has 2 N–H and O–H groups in total. The topological polar surface area (TPSA) is 84.9 Å². The molecule has 30 heavy (non-hydrogen) atoms. The SMILES string of the molecule is O=C(COc1ccc(Cl)cc1)CC1CCC(NC(=O)COc2ccc(O)cc2)CC1. The van der Waals surface area contributed by atoms with E-state index in [0.717, 1.165) is 25.7 Å². The summed E-state index contributed by atoms with van der Waals surface area (Å²) >= 11 is 5.83. The molecule has 0 radical (unpaired) electrons. The van der Waals surface area contributed by atoms with Crippen molar-refractivity contribution >= 4 is 23.3 Å². The lowest BCUT2D eigenvalue weighted by Crippen LogP contribution is -2.40. The van der Waals surface area contributed by atoms with Crippen LogP contribution >= 0.6 is 11.6 Å². The van der Waals surface area contributed by atoms with Gasteiger partial charge in [-0.2, -0.15) is 0 Å². The molecule has 0 aromatic heterocycles. The van der Waals surface area contributed by atoms with E-state index >= 15 is 0 Å². The number of Topliss-reactive ketones (excluding diaryl/α,β-unsaturated/α-hetero) is 1. The number of aromatic hydroxyl groups is 1. The average molecular weight is 432 g/mol. The molecule has 2 aromatic carbocycles. The van der Waals surface area contributed by atoms with Gasteiger partial charge in [0.15, 0.2) is 12.4 Å². The number of hydrogen-bond acceptors (Lipinski definition) is 5. The van der Waals surface area contributed by atoms with E-state index in [2.05, 4.69) is 5.32 Å². The van der Waals surface area contributed by atoms with Crippen molar-refractivity contribution in [1.29, 1.82) is 0 Å². The molecule has 0 saturated heterocycles. The summed E-state index contributed by atoms with van der Waals surface area (Å²) in [6, 6.07) is 13.3. The van der Waals surface area contributed by atoms with Crippen LogP contribution in [0.2, 0.25) is 5.02 Å². The van der Waals surface area contributed by atoms with Crippen LogP contribution in [0.25, 0.3) is 0 Å². The molecule has 1 aliphatic rings. The maximum atomic E-state index is 12.2. The van der Waals surface area contributed by atoms with Gasteiger partial charge in [-0.15, -0.1) is 0 Å². The van der Waals surface area contributed by atoms with Crippen molar-refractivity contribution in [1.82, 2.24) is 5.32 Å². The molecule has 1 fully saturated rings. The van der Waals surface area contributed by atoms with Crippen LogP contribution in [0.4, 0.5) is 0 Å². The number of phenolic OH excluding ortho intramolecular Hbond substituents is 1. The van der Waals surface area contributed by atoms with Gasteiger partial charge in [0, 0.05) is 17.5 Å². The molecule has 1 aliphatic carbocycles. The summed E-state index contributed by atoms with van der Waals surface area (Å²) in [5, 5.41) is 12.9. The molecule has 0 heterocycles. The van der Waals surface area contributed by atoms with Gasteiger partial charge < -0.3 is 19.9 Å². The Hall–Kier alpha value is -2.73. The third-order valence-electron chi connectivity index (χ3n) is 5.15. The van der Waals surface area contributed by atoms with Gasteiger partial charge in [-0.25, -0.2) is 0 Å². The number of carbonyl (C=O) groups is 2. The molecule has 0 unspecified atom stereocenters.